The molecular weight excluding hydrogens is 487 g/mol. The standard InChI is InChI=1S/C23H34N6.HI/c1-19-7-6-9-22(20(19)2)29-17-15-28(16-18-29)14-13-27-23(24-3)26-12-10-21-8-4-5-11-25-21;/h4-9,11H,10,12-18H2,1-3H3,(H2,24,26,27);1H. The molecule has 0 saturated carbocycles. The van der Waals surface area contributed by atoms with E-state index >= 15 is 0 Å². The first-order valence-corrected chi connectivity index (χ1v) is 10.6. The Bertz CT molecular complexity index is 788. The number of halogens is 1. The number of hydrogen-bond donors (Lipinski definition) is 2. The molecule has 1 saturated heterocycles. The van der Waals surface area contributed by atoms with Crippen molar-refractivity contribution < 1.29 is 0 Å². The van der Waals surface area contributed by atoms with Crippen molar-refractivity contribution in [1.29, 1.82) is 0 Å². The van der Waals surface area contributed by atoms with Gasteiger partial charge in [-0.25, -0.2) is 0 Å². The summed E-state index contributed by atoms with van der Waals surface area (Å²) in [5, 5.41) is 6.79. The fourth-order valence-electron chi connectivity index (χ4n) is 3.70. The number of rotatable bonds is 7. The highest BCUT2D eigenvalue weighted by atomic mass is 127. The van der Waals surface area contributed by atoms with E-state index in [1.807, 2.05) is 25.4 Å². The smallest absolute Gasteiger partial charge is 0.191 e. The molecule has 6 nitrogen and oxygen atoms in total. The molecule has 164 valence electrons. The number of anilines is 1. The molecule has 2 heterocycles. The summed E-state index contributed by atoms with van der Waals surface area (Å²) >= 11 is 0. The van der Waals surface area contributed by atoms with Crippen molar-refractivity contribution in [1.82, 2.24) is 20.5 Å². The second-order valence-electron chi connectivity index (χ2n) is 7.54. The van der Waals surface area contributed by atoms with Crippen molar-refractivity contribution in [3.05, 3.63) is 59.4 Å². The van der Waals surface area contributed by atoms with Crippen LogP contribution >= 0.6 is 24.0 Å². The maximum Gasteiger partial charge on any atom is 0.191 e. The van der Waals surface area contributed by atoms with Gasteiger partial charge in [-0.15, -0.1) is 24.0 Å². The van der Waals surface area contributed by atoms with Crippen LogP contribution in [-0.2, 0) is 6.42 Å². The SMILES string of the molecule is CN=C(NCCc1ccccn1)NCCN1CCN(c2cccc(C)c2C)CC1.I. The highest BCUT2D eigenvalue weighted by Gasteiger charge is 2.18. The molecular formula is C23H35IN6. The maximum absolute atomic E-state index is 4.35. The van der Waals surface area contributed by atoms with Crippen LogP contribution in [0.5, 0.6) is 0 Å². The van der Waals surface area contributed by atoms with E-state index in [1.54, 1.807) is 0 Å². The molecule has 1 aromatic heterocycles. The Hall–Kier alpha value is -1.87. The minimum absolute atomic E-state index is 0. The van der Waals surface area contributed by atoms with Crippen LogP contribution in [0.2, 0.25) is 0 Å². The molecule has 0 aliphatic carbocycles. The molecule has 3 rings (SSSR count). The third-order valence-electron chi connectivity index (χ3n) is 5.63. The van der Waals surface area contributed by atoms with Crippen LogP contribution in [0.3, 0.4) is 0 Å². The number of aryl methyl sites for hydroxylation is 1. The molecule has 1 aliphatic heterocycles. The molecule has 1 aromatic carbocycles. The van der Waals surface area contributed by atoms with Gasteiger partial charge in [0.25, 0.3) is 0 Å². The van der Waals surface area contributed by atoms with Crippen LogP contribution in [-0.4, -0.2) is 68.7 Å². The van der Waals surface area contributed by atoms with E-state index < -0.39 is 0 Å². The predicted octanol–water partition coefficient (Wildman–Crippen LogP) is 2.85. The lowest BCUT2D eigenvalue weighted by Crippen LogP contribution is -2.49. The van der Waals surface area contributed by atoms with E-state index in [1.165, 1.54) is 16.8 Å². The van der Waals surface area contributed by atoms with E-state index in [4.69, 9.17) is 0 Å². The summed E-state index contributed by atoms with van der Waals surface area (Å²) in [4.78, 5) is 13.7. The summed E-state index contributed by atoms with van der Waals surface area (Å²) in [7, 11) is 1.82. The van der Waals surface area contributed by atoms with Gasteiger partial charge in [-0.3, -0.25) is 14.9 Å². The fraction of sp³-hybridized carbons (Fsp3) is 0.478. The summed E-state index contributed by atoms with van der Waals surface area (Å²) in [6.45, 7) is 11.5. The Morgan fingerprint density at radius 2 is 1.77 bits per heavy atom. The Morgan fingerprint density at radius 3 is 2.47 bits per heavy atom. The van der Waals surface area contributed by atoms with E-state index in [0.29, 0.717) is 0 Å². The minimum Gasteiger partial charge on any atom is -0.369 e. The normalized spacial score (nSPS) is 14.9. The zero-order valence-corrected chi connectivity index (χ0v) is 20.7. The summed E-state index contributed by atoms with van der Waals surface area (Å²) in [5.41, 5.74) is 5.26. The molecule has 30 heavy (non-hydrogen) atoms. The van der Waals surface area contributed by atoms with Gasteiger partial charge >= 0.3 is 0 Å². The fourth-order valence-corrected chi connectivity index (χ4v) is 3.70. The molecule has 1 fully saturated rings. The number of aromatic nitrogens is 1. The first-order valence-electron chi connectivity index (χ1n) is 10.6. The molecule has 2 aromatic rings. The Morgan fingerprint density at radius 1 is 1.00 bits per heavy atom. The van der Waals surface area contributed by atoms with E-state index in [0.717, 1.165) is 63.9 Å². The highest BCUT2D eigenvalue weighted by Crippen LogP contribution is 2.23. The van der Waals surface area contributed by atoms with Crippen LogP contribution in [0.1, 0.15) is 16.8 Å². The van der Waals surface area contributed by atoms with Crippen LogP contribution < -0.4 is 15.5 Å². The Kier molecular flexibility index (Phi) is 10.4. The average Bonchev–Trinajstić information content (AvgIpc) is 2.76. The number of aliphatic imine (C=N–C) groups is 1. The van der Waals surface area contributed by atoms with Crippen LogP contribution in [0.25, 0.3) is 0 Å². The van der Waals surface area contributed by atoms with Crippen LogP contribution in [0, 0.1) is 13.8 Å². The van der Waals surface area contributed by atoms with Gasteiger partial charge in [0.1, 0.15) is 0 Å². The van der Waals surface area contributed by atoms with Crippen LogP contribution in [0.15, 0.2) is 47.6 Å². The lowest BCUT2D eigenvalue weighted by molar-refractivity contribution is 0.261. The number of hydrogen-bond acceptors (Lipinski definition) is 4. The number of guanidine groups is 1. The molecule has 0 amide bonds. The Labute approximate surface area is 198 Å². The van der Waals surface area contributed by atoms with Crippen molar-refractivity contribution in [2.45, 2.75) is 20.3 Å². The number of nitrogens with one attached hydrogen (secondary N) is 2. The number of benzene rings is 1. The largest absolute Gasteiger partial charge is 0.369 e. The van der Waals surface area contributed by atoms with E-state index in [9.17, 15) is 0 Å². The van der Waals surface area contributed by atoms with Gasteiger partial charge in [-0.2, -0.15) is 0 Å². The van der Waals surface area contributed by atoms with Crippen molar-refractivity contribution in [3.8, 4) is 0 Å². The van der Waals surface area contributed by atoms with Gasteiger partial charge in [0.05, 0.1) is 0 Å². The van der Waals surface area contributed by atoms with Gasteiger partial charge in [0.2, 0.25) is 0 Å². The lowest BCUT2D eigenvalue weighted by Gasteiger charge is -2.37. The number of piperazine rings is 1. The topological polar surface area (TPSA) is 55.8 Å². The van der Waals surface area contributed by atoms with E-state index in [2.05, 4.69) is 68.5 Å². The van der Waals surface area contributed by atoms with Gasteiger partial charge in [-0.1, -0.05) is 18.2 Å². The monoisotopic (exact) mass is 522 g/mol. The zero-order chi connectivity index (χ0) is 20.5. The van der Waals surface area contributed by atoms with E-state index in [-0.39, 0.29) is 24.0 Å². The maximum atomic E-state index is 4.35. The van der Waals surface area contributed by atoms with Crippen LogP contribution in [0.4, 0.5) is 5.69 Å². The van der Waals surface area contributed by atoms with Crippen molar-refractivity contribution in [3.63, 3.8) is 0 Å². The third-order valence-corrected chi connectivity index (χ3v) is 5.63. The quantitative estimate of drug-likeness (QED) is 0.333. The summed E-state index contributed by atoms with van der Waals surface area (Å²) in [6, 6.07) is 12.6. The molecule has 0 unspecified atom stereocenters. The highest BCUT2D eigenvalue weighted by molar-refractivity contribution is 14.0. The van der Waals surface area contributed by atoms with Gasteiger partial charge in [0, 0.05) is 76.9 Å². The molecule has 0 spiro atoms. The average molecular weight is 522 g/mol. The predicted molar refractivity (Wildman–Crippen MR) is 137 cm³/mol. The first-order chi connectivity index (χ1) is 14.2. The Balaban J connectivity index is 0.00000320. The van der Waals surface area contributed by atoms with Crippen molar-refractivity contribution in [2.75, 3.05) is 57.8 Å². The molecule has 1 aliphatic rings. The number of pyridine rings is 1. The molecule has 7 heteroatoms. The second kappa shape index (κ2) is 12.7. The summed E-state index contributed by atoms with van der Waals surface area (Å²) in [5.74, 6) is 0.856. The molecule has 0 radical (unpaired) electrons. The number of nitrogens with zero attached hydrogens (tertiary/aromatic N) is 4. The van der Waals surface area contributed by atoms with Crippen molar-refractivity contribution >= 4 is 35.6 Å². The molecule has 2 N–H and O–H groups in total. The lowest BCUT2D eigenvalue weighted by atomic mass is 10.1. The second-order valence-corrected chi connectivity index (χ2v) is 7.54. The van der Waals surface area contributed by atoms with Gasteiger partial charge < -0.3 is 15.5 Å². The summed E-state index contributed by atoms with van der Waals surface area (Å²) < 4.78 is 0. The molecule has 0 bridgehead atoms. The van der Waals surface area contributed by atoms with Gasteiger partial charge in [0.15, 0.2) is 5.96 Å². The molecule has 0 atom stereocenters. The third kappa shape index (κ3) is 7.12. The van der Waals surface area contributed by atoms with Gasteiger partial charge in [-0.05, 0) is 43.2 Å². The zero-order valence-electron chi connectivity index (χ0n) is 18.4. The first kappa shape index (κ1) is 24.4. The summed E-state index contributed by atoms with van der Waals surface area (Å²) in [6.07, 6.45) is 2.73. The minimum atomic E-state index is 0. The van der Waals surface area contributed by atoms with Crippen molar-refractivity contribution in [2.24, 2.45) is 4.99 Å².